The fourth-order valence-electron chi connectivity index (χ4n) is 3.18. The van der Waals surface area contributed by atoms with Crippen LogP contribution in [-0.4, -0.2) is 39.1 Å². The van der Waals surface area contributed by atoms with E-state index in [1.807, 2.05) is 19.1 Å². The van der Waals surface area contributed by atoms with E-state index >= 15 is 0 Å². The number of benzene rings is 2. The van der Waals surface area contributed by atoms with E-state index in [-0.39, 0.29) is 23.0 Å². The largest absolute Gasteiger partial charge is 0.464 e. The Balaban J connectivity index is 1.95. The number of esters is 1. The number of carbonyl (C=O) groups excluding carboxylic acids is 2. The first-order valence-corrected chi connectivity index (χ1v) is 9.12. The number of hydrogen-bond acceptors (Lipinski definition) is 7. The predicted molar refractivity (Wildman–Crippen MR) is 106 cm³/mol. The van der Waals surface area contributed by atoms with Crippen molar-refractivity contribution in [1.29, 1.82) is 0 Å². The lowest BCUT2D eigenvalue weighted by Gasteiger charge is -2.28. The number of fused-ring (bicyclic) bond motifs is 1. The Kier molecular flexibility index (Phi) is 4.85. The molecule has 1 aromatic heterocycles. The molecule has 3 aromatic rings. The molecule has 1 aliphatic heterocycles. The van der Waals surface area contributed by atoms with Gasteiger partial charge in [-0.25, -0.2) is 4.79 Å². The van der Waals surface area contributed by atoms with Crippen molar-refractivity contribution in [2.75, 3.05) is 12.4 Å². The van der Waals surface area contributed by atoms with Crippen LogP contribution in [0.2, 0.25) is 5.02 Å². The molecule has 2 heterocycles. The maximum Gasteiger partial charge on any atom is 0.357 e. The number of ketones is 1. The molecule has 29 heavy (non-hydrogen) atoms. The van der Waals surface area contributed by atoms with Gasteiger partial charge in [0.25, 0.3) is 0 Å². The third kappa shape index (κ3) is 3.38. The van der Waals surface area contributed by atoms with Gasteiger partial charge in [-0.2, -0.15) is 4.68 Å². The van der Waals surface area contributed by atoms with Gasteiger partial charge in [0.2, 0.25) is 5.95 Å². The van der Waals surface area contributed by atoms with E-state index in [0.717, 1.165) is 11.1 Å². The third-order valence-electron chi connectivity index (χ3n) is 4.64. The van der Waals surface area contributed by atoms with Crippen molar-refractivity contribution in [3.63, 3.8) is 0 Å². The van der Waals surface area contributed by atoms with Gasteiger partial charge in [-0.1, -0.05) is 58.7 Å². The van der Waals surface area contributed by atoms with E-state index in [1.165, 1.54) is 11.8 Å². The van der Waals surface area contributed by atoms with Gasteiger partial charge < -0.3 is 10.1 Å². The van der Waals surface area contributed by atoms with Crippen molar-refractivity contribution in [2.45, 2.75) is 13.0 Å². The van der Waals surface area contributed by atoms with Gasteiger partial charge in [0.15, 0.2) is 11.5 Å². The Bertz CT molecular complexity index is 1120. The molecule has 0 amide bonds. The zero-order chi connectivity index (χ0) is 20.5. The van der Waals surface area contributed by atoms with Crippen molar-refractivity contribution in [2.24, 2.45) is 0 Å². The zero-order valence-electron chi connectivity index (χ0n) is 15.6. The van der Waals surface area contributed by atoms with Crippen LogP contribution in [0.5, 0.6) is 0 Å². The Labute approximate surface area is 171 Å². The summed E-state index contributed by atoms with van der Waals surface area (Å²) in [5, 5.41) is 15.1. The van der Waals surface area contributed by atoms with Crippen molar-refractivity contribution in [3.8, 4) is 0 Å². The summed E-state index contributed by atoms with van der Waals surface area (Å²) in [5.41, 5.74) is 2.33. The lowest BCUT2D eigenvalue weighted by Crippen LogP contribution is -2.31. The van der Waals surface area contributed by atoms with Crippen LogP contribution in [0.25, 0.3) is 5.70 Å². The molecule has 2 aromatic carbocycles. The summed E-state index contributed by atoms with van der Waals surface area (Å²) in [4.78, 5) is 26.2. The normalized spacial score (nSPS) is 15.5. The first-order valence-electron chi connectivity index (χ1n) is 8.74. The van der Waals surface area contributed by atoms with Crippen LogP contribution in [0, 0.1) is 6.92 Å². The lowest BCUT2D eigenvalue weighted by atomic mass is 9.89. The second-order valence-electron chi connectivity index (χ2n) is 6.49. The van der Waals surface area contributed by atoms with E-state index < -0.39 is 12.0 Å². The number of nitrogens with zero attached hydrogens (tertiary/aromatic N) is 4. The summed E-state index contributed by atoms with van der Waals surface area (Å²) in [5.74, 6) is -0.820. The number of nitrogens with one attached hydrogen (secondary N) is 1. The van der Waals surface area contributed by atoms with Crippen LogP contribution >= 0.6 is 11.6 Å². The van der Waals surface area contributed by atoms with Gasteiger partial charge in [0.1, 0.15) is 0 Å². The number of Topliss-reactive ketones (excluding diaryl/α,β-unsaturated/α-hetero) is 1. The van der Waals surface area contributed by atoms with Gasteiger partial charge in [-0.05, 0) is 35.0 Å². The van der Waals surface area contributed by atoms with E-state index in [4.69, 9.17) is 16.3 Å². The molecular formula is C20H16ClN5O3. The molecule has 9 heteroatoms. The molecular weight excluding hydrogens is 394 g/mol. The number of aromatic nitrogens is 4. The molecule has 0 saturated heterocycles. The van der Waals surface area contributed by atoms with Crippen LogP contribution in [0.3, 0.4) is 0 Å². The highest BCUT2D eigenvalue weighted by Crippen LogP contribution is 2.37. The zero-order valence-corrected chi connectivity index (χ0v) is 16.3. The number of halogens is 1. The number of rotatable bonds is 4. The van der Waals surface area contributed by atoms with Crippen LogP contribution in [-0.2, 0) is 9.53 Å². The van der Waals surface area contributed by atoms with Gasteiger partial charge in [0.05, 0.1) is 18.7 Å². The molecule has 1 N–H and O–H groups in total. The SMILES string of the molecule is COC(=O)C1=C(C(=O)c2ccc(C)cc2)[C@@H](c2ccc(Cl)cc2)Nc2nnnn21. The second kappa shape index (κ2) is 7.48. The number of methoxy groups -OCH3 is 1. The Hall–Kier alpha value is -3.52. The molecule has 0 fully saturated rings. The van der Waals surface area contributed by atoms with Crippen LogP contribution < -0.4 is 5.32 Å². The molecule has 0 bridgehead atoms. The Morgan fingerprint density at radius 2 is 1.79 bits per heavy atom. The summed E-state index contributed by atoms with van der Waals surface area (Å²) < 4.78 is 6.12. The van der Waals surface area contributed by atoms with Gasteiger partial charge in [0, 0.05) is 10.6 Å². The Morgan fingerprint density at radius 1 is 1.10 bits per heavy atom. The monoisotopic (exact) mass is 409 g/mol. The molecule has 4 rings (SSSR count). The first-order chi connectivity index (χ1) is 14.0. The topological polar surface area (TPSA) is 99.0 Å². The minimum atomic E-state index is -0.713. The summed E-state index contributed by atoms with van der Waals surface area (Å²) >= 11 is 6.02. The molecule has 0 unspecified atom stereocenters. The highest BCUT2D eigenvalue weighted by molar-refractivity contribution is 6.30. The summed E-state index contributed by atoms with van der Waals surface area (Å²) in [7, 11) is 1.24. The molecule has 0 aliphatic carbocycles. The van der Waals surface area contributed by atoms with Gasteiger partial charge in [-0.3, -0.25) is 4.79 Å². The quantitative estimate of drug-likeness (QED) is 0.522. The molecule has 146 valence electrons. The van der Waals surface area contributed by atoms with Crippen molar-refractivity contribution in [3.05, 3.63) is 75.8 Å². The van der Waals surface area contributed by atoms with E-state index in [1.54, 1.807) is 36.4 Å². The van der Waals surface area contributed by atoms with Crippen LogP contribution in [0.4, 0.5) is 5.95 Å². The predicted octanol–water partition coefficient (Wildman–Crippen LogP) is 3.07. The summed E-state index contributed by atoms with van der Waals surface area (Å²) in [6.07, 6.45) is 0. The molecule has 0 spiro atoms. The smallest absolute Gasteiger partial charge is 0.357 e. The molecule has 1 atom stereocenters. The molecule has 8 nitrogen and oxygen atoms in total. The maximum atomic E-state index is 13.5. The van der Waals surface area contributed by atoms with Gasteiger partial charge >= 0.3 is 5.97 Å². The van der Waals surface area contributed by atoms with Crippen LogP contribution in [0.15, 0.2) is 54.1 Å². The van der Waals surface area contributed by atoms with E-state index in [2.05, 4.69) is 20.8 Å². The fourth-order valence-corrected chi connectivity index (χ4v) is 3.30. The number of ether oxygens (including phenoxy) is 1. The second-order valence-corrected chi connectivity index (χ2v) is 6.93. The molecule has 0 saturated carbocycles. The number of hydrogen-bond donors (Lipinski definition) is 1. The molecule has 0 radical (unpaired) electrons. The van der Waals surface area contributed by atoms with Gasteiger partial charge in [-0.15, -0.1) is 0 Å². The molecule has 1 aliphatic rings. The third-order valence-corrected chi connectivity index (χ3v) is 4.89. The number of carbonyl (C=O) groups is 2. The highest BCUT2D eigenvalue weighted by Gasteiger charge is 2.38. The number of tetrazole rings is 1. The van der Waals surface area contributed by atoms with Crippen molar-refractivity contribution >= 4 is 35.0 Å². The fraction of sp³-hybridized carbons (Fsp3) is 0.150. The highest BCUT2D eigenvalue weighted by atomic mass is 35.5. The maximum absolute atomic E-state index is 13.5. The minimum absolute atomic E-state index is 0.0308. The summed E-state index contributed by atoms with van der Waals surface area (Å²) in [6, 6.07) is 13.4. The average molecular weight is 410 g/mol. The van der Waals surface area contributed by atoms with Crippen molar-refractivity contribution in [1.82, 2.24) is 20.2 Å². The Morgan fingerprint density at radius 3 is 2.45 bits per heavy atom. The first kappa shape index (κ1) is 18.8. The minimum Gasteiger partial charge on any atom is -0.464 e. The average Bonchev–Trinajstić information content (AvgIpc) is 3.21. The van der Waals surface area contributed by atoms with Crippen molar-refractivity contribution < 1.29 is 14.3 Å². The standard InChI is InChI=1S/C20H16ClN5O3/c1-11-3-5-13(6-4-11)18(27)15-16(12-7-9-14(21)10-8-12)22-20-23-24-25-26(20)17(15)19(28)29-2/h3-10,16H,1-2H3,(H,22,23,25)/t16-/m1/s1. The lowest BCUT2D eigenvalue weighted by molar-refractivity contribution is -0.134. The number of aryl methyl sites for hydroxylation is 1. The van der Waals surface area contributed by atoms with Crippen LogP contribution in [0.1, 0.15) is 27.5 Å². The van der Waals surface area contributed by atoms with E-state index in [9.17, 15) is 9.59 Å². The number of anilines is 1. The summed E-state index contributed by atoms with van der Waals surface area (Å²) in [6.45, 7) is 1.93. The van der Waals surface area contributed by atoms with E-state index in [0.29, 0.717) is 10.6 Å².